The van der Waals surface area contributed by atoms with Gasteiger partial charge in [-0.1, -0.05) is 30.3 Å². The number of aliphatic hydroxyl groups is 3. The van der Waals surface area contributed by atoms with Gasteiger partial charge in [-0.05, 0) is 16.2 Å². The summed E-state index contributed by atoms with van der Waals surface area (Å²) in [7, 11) is 0. The molecule has 4 atom stereocenters. The molecular formula is C17H18N8O4. The van der Waals surface area contributed by atoms with E-state index in [0.717, 1.165) is 5.56 Å². The van der Waals surface area contributed by atoms with E-state index in [-0.39, 0.29) is 11.6 Å². The highest BCUT2D eigenvalue weighted by molar-refractivity contribution is 5.84. The number of anilines is 1. The maximum atomic E-state index is 10.3. The SMILES string of the molecule is [N-]=[N+]=Nc1nc(NCc2ccccc2)c2ncn([C@@H]3O[C@H](CO)[C@H](O)[C@@H]3O)c2n1. The third-order valence-electron chi connectivity index (χ3n) is 4.64. The van der Waals surface area contributed by atoms with Gasteiger partial charge in [-0.3, -0.25) is 4.57 Å². The van der Waals surface area contributed by atoms with Crippen LogP contribution in [0.3, 0.4) is 0 Å². The third-order valence-corrected chi connectivity index (χ3v) is 4.64. The highest BCUT2D eigenvalue weighted by Crippen LogP contribution is 2.33. The second kappa shape index (κ2) is 7.99. The van der Waals surface area contributed by atoms with Crippen LogP contribution in [-0.4, -0.2) is 59.8 Å². The van der Waals surface area contributed by atoms with Crippen molar-refractivity contribution in [1.29, 1.82) is 0 Å². The van der Waals surface area contributed by atoms with Crippen molar-refractivity contribution in [3.63, 3.8) is 0 Å². The van der Waals surface area contributed by atoms with Gasteiger partial charge in [-0.2, -0.15) is 0 Å². The molecule has 4 rings (SSSR count). The monoisotopic (exact) mass is 398 g/mol. The third kappa shape index (κ3) is 3.58. The van der Waals surface area contributed by atoms with Crippen molar-refractivity contribution >= 4 is 22.9 Å². The highest BCUT2D eigenvalue weighted by atomic mass is 16.6. The van der Waals surface area contributed by atoms with Gasteiger partial charge in [0.15, 0.2) is 23.2 Å². The molecule has 1 aromatic carbocycles. The number of imidazole rings is 1. The van der Waals surface area contributed by atoms with Crippen molar-refractivity contribution in [2.75, 3.05) is 11.9 Å². The quantitative estimate of drug-likeness (QED) is 0.270. The molecule has 1 fully saturated rings. The number of aromatic nitrogens is 4. The van der Waals surface area contributed by atoms with Crippen molar-refractivity contribution in [2.45, 2.75) is 31.1 Å². The minimum absolute atomic E-state index is 0.135. The fraction of sp³-hybridized carbons (Fsp3) is 0.353. The Morgan fingerprint density at radius 1 is 1.21 bits per heavy atom. The molecule has 12 nitrogen and oxygen atoms in total. The maximum absolute atomic E-state index is 10.3. The number of ether oxygens (including phenoxy) is 1. The van der Waals surface area contributed by atoms with Gasteiger partial charge in [0, 0.05) is 11.5 Å². The predicted octanol–water partition coefficient (Wildman–Crippen LogP) is 0.992. The second-order valence-corrected chi connectivity index (χ2v) is 6.45. The van der Waals surface area contributed by atoms with E-state index in [9.17, 15) is 15.3 Å². The molecule has 1 aliphatic heterocycles. The topological polar surface area (TPSA) is 174 Å². The summed E-state index contributed by atoms with van der Waals surface area (Å²) in [6, 6.07) is 9.62. The Labute approximate surface area is 164 Å². The molecule has 4 N–H and O–H groups in total. The maximum Gasteiger partial charge on any atom is 0.220 e. The standard InChI is InChI=1S/C17H18N8O4/c18-24-23-17-21-14(19-6-9-4-2-1-3-5-9)11-15(22-17)25(8-20-11)16-13(28)12(27)10(7-26)29-16/h1-5,8,10,12-13,16,26-28H,6-7H2,(H,19,21,22)/t10-,12+,13+,16-/m1/s1. The Hall–Kier alpha value is -3.28. The number of nitrogens with one attached hydrogen (secondary N) is 1. The number of nitrogens with zero attached hydrogens (tertiary/aromatic N) is 7. The average molecular weight is 398 g/mol. The summed E-state index contributed by atoms with van der Waals surface area (Å²) in [5.74, 6) is 0.204. The molecule has 1 saturated heterocycles. The summed E-state index contributed by atoms with van der Waals surface area (Å²) in [6.45, 7) is -0.00638. The number of azide groups is 1. The average Bonchev–Trinajstić information content (AvgIpc) is 3.28. The van der Waals surface area contributed by atoms with E-state index >= 15 is 0 Å². The van der Waals surface area contributed by atoms with E-state index in [1.165, 1.54) is 10.9 Å². The van der Waals surface area contributed by atoms with Gasteiger partial charge in [0.1, 0.15) is 18.3 Å². The first kappa shape index (κ1) is 19.1. The summed E-state index contributed by atoms with van der Waals surface area (Å²) in [6.07, 6.45) is -3.16. The van der Waals surface area contributed by atoms with Crippen molar-refractivity contribution in [3.8, 4) is 0 Å². The lowest BCUT2D eigenvalue weighted by atomic mass is 10.1. The van der Waals surface area contributed by atoms with E-state index in [4.69, 9.17) is 10.3 Å². The summed E-state index contributed by atoms with van der Waals surface area (Å²) < 4.78 is 6.95. The number of benzene rings is 1. The predicted molar refractivity (Wildman–Crippen MR) is 101 cm³/mol. The van der Waals surface area contributed by atoms with Gasteiger partial charge < -0.3 is 25.4 Å². The first-order valence-electron chi connectivity index (χ1n) is 8.82. The molecule has 0 spiro atoms. The number of hydrogen-bond acceptors (Lipinski definition) is 9. The lowest BCUT2D eigenvalue weighted by Crippen LogP contribution is -2.33. The van der Waals surface area contributed by atoms with Crippen LogP contribution >= 0.6 is 0 Å². The van der Waals surface area contributed by atoms with Gasteiger partial charge in [0.25, 0.3) is 0 Å². The molecule has 3 heterocycles. The van der Waals surface area contributed by atoms with Crippen LogP contribution in [0.25, 0.3) is 21.6 Å². The van der Waals surface area contributed by atoms with Crippen LogP contribution in [0.1, 0.15) is 11.8 Å². The van der Waals surface area contributed by atoms with Crippen molar-refractivity contribution < 1.29 is 20.1 Å². The van der Waals surface area contributed by atoms with E-state index < -0.39 is 31.1 Å². The zero-order valence-electron chi connectivity index (χ0n) is 15.1. The minimum atomic E-state index is -1.30. The van der Waals surface area contributed by atoms with Gasteiger partial charge in [0.2, 0.25) is 5.95 Å². The Bertz CT molecular complexity index is 1050. The molecule has 0 unspecified atom stereocenters. The Kier molecular flexibility index (Phi) is 5.25. The summed E-state index contributed by atoms with van der Waals surface area (Å²) in [5, 5.41) is 36.3. The summed E-state index contributed by atoms with van der Waals surface area (Å²) in [5.41, 5.74) is 10.4. The van der Waals surface area contributed by atoms with Crippen molar-refractivity contribution in [1.82, 2.24) is 19.5 Å². The largest absolute Gasteiger partial charge is 0.394 e. The van der Waals surface area contributed by atoms with Crippen LogP contribution in [-0.2, 0) is 11.3 Å². The molecule has 29 heavy (non-hydrogen) atoms. The molecule has 12 heteroatoms. The van der Waals surface area contributed by atoms with E-state index in [0.29, 0.717) is 17.9 Å². The van der Waals surface area contributed by atoms with Crippen molar-refractivity contribution in [2.24, 2.45) is 5.11 Å². The lowest BCUT2D eigenvalue weighted by Gasteiger charge is -2.16. The van der Waals surface area contributed by atoms with Gasteiger partial charge in [-0.15, -0.1) is 0 Å². The zero-order chi connectivity index (χ0) is 20.4. The lowest BCUT2D eigenvalue weighted by molar-refractivity contribution is -0.0511. The van der Waals surface area contributed by atoms with Crippen LogP contribution in [0.2, 0.25) is 0 Å². The highest BCUT2D eigenvalue weighted by Gasteiger charge is 2.44. The number of hydrogen-bond donors (Lipinski definition) is 4. The van der Waals surface area contributed by atoms with Crippen LogP contribution in [0.4, 0.5) is 11.8 Å². The minimum Gasteiger partial charge on any atom is -0.394 e. The molecular weight excluding hydrogens is 380 g/mol. The molecule has 3 aromatic rings. The Morgan fingerprint density at radius 2 is 2.00 bits per heavy atom. The number of rotatable bonds is 6. The molecule has 0 amide bonds. The molecule has 0 radical (unpaired) electrons. The first-order valence-corrected chi connectivity index (χ1v) is 8.82. The molecule has 1 aliphatic rings. The van der Waals surface area contributed by atoms with Crippen LogP contribution < -0.4 is 5.32 Å². The fourth-order valence-electron chi connectivity index (χ4n) is 3.19. The van der Waals surface area contributed by atoms with E-state index in [1.807, 2.05) is 30.3 Å². The smallest absolute Gasteiger partial charge is 0.220 e. The van der Waals surface area contributed by atoms with Gasteiger partial charge in [-0.25, -0.2) is 15.0 Å². The number of aliphatic hydroxyl groups excluding tert-OH is 3. The van der Waals surface area contributed by atoms with E-state index in [2.05, 4.69) is 30.3 Å². The molecule has 0 aliphatic carbocycles. The summed E-state index contributed by atoms with van der Waals surface area (Å²) in [4.78, 5) is 15.4. The van der Waals surface area contributed by atoms with Gasteiger partial charge >= 0.3 is 0 Å². The zero-order valence-corrected chi connectivity index (χ0v) is 15.1. The molecule has 0 bridgehead atoms. The van der Waals surface area contributed by atoms with E-state index in [1.54, 1.807) is 0 Å². The van der Waals surface area contributed by atoms with Crippen LogP contribution in [0, 0.1) is 0 Å². The second-order valence-electron chi connectivity index (χ2n) is 6.45. The number of fused-ring (bicyclic) bond motifs is 1. The van der Waals surface area contributed by atoms with Crippen molar-refractivity contribution in [3.05, 3.63) is 52.7 Å². The van der Waals surface area contributed by atoms with Gasteiger partial charge in [0.05, 0.1) is 12.9 Å². The summed E-state index contributed by atoms with van der Waals surface area (Å²) >= 11 is 0. The first-order chi connectivity index (χ1) is 14.1. The molecule has 150 valence electrons. The molecule has 2 aromatic heterocycles. The Morgan fingerprint density at radius 3 is 2.69 bits per heavy atom. The van der Waals surface area contributed by atoms with Crippen LogP contribution in [0.5, 0.6) is 0 Å². The van der Waals surface area contributed by atoms with Crippen LogP contribution in [0.15, 0.2) is 41.8 Å². The fourth-order valence-corrected chi connectivity index (χ4v) is 3.19. The Balaban J connectivity index is 1.73. The normalized spacial score (nSPS) is 23.8. The molecule has 0 saturated carbocycles.